The van der Waals surface area contributed by atoms with E-state index in [-0.39, 0.29) is 5.91 Å². The first-order valence-electron chi connectivity index (χ1n) is 8.41. The molecule has 0 bridgehead atoms. The number of amides is 1. The van der Waals surface area contributed by atoms with Gasteiger partial charge in [0.2, 0.25) is 0 Å². The Bertz CT molecular complexity index is 860. The zero-order chi connectivity index (χ0) is 17.6. The average Bonchev–Trinajstić information content (AvgIpc) is 2.62. The summed E-state index contributed by atoms with van der Waals surface area (Å²) in [6, 6.07) is 19.1. The number of benzene rings is 3. The van der Waals surface area contributed by atoms with Gasteiger partial charge in [0.05, 0.1) is 13.2 Å². The first kappa shape index (κ1) is 16.8. The van der Waals surface area contributed by atoms with E-state index in [1.54, 1.807) is 18.2 Å². The van der Waals surface area contributed by atoms with Gasteiger partial charge in [-0.05, 0) is 37.4 Å². The van der Waals surface area contributed by atoms with Gasteiger partial charge in [-0.15, -0.1) is 0 Å². The van der Waals surface area contributed by atoms with Gasteiger partial charge in [-0.1, -0.05) is 36.4 Å². The fourth-order valence-corrected chi connectivity index (χ4v) is 2.73. The SMILES string of the molecule is CCOc1cc(OCC)cc(C(=O)Nc2cccc3ccccc23)c1. The van der Waals surface area contributed by atoms with Gasteiger partial charge in [0.1, 0.15) is 11.5 Å². The molecule has 0 aliphatic heterocycles. The van der Waals surface area contributed by atoms with Crippen molar-refractivity contribution in [2.45, 2.75) is 13.8 Å². The number of anilines is 1. The Balaban J connectivity index is 1.92. The van der Waals surface area contributed by atoms with Crippen LogP contribution in [-0.2, 0) is 0 Å². The van der Waals surface area contributed by atoms with E-state index in [1.807, 2.05) is 56.3 Å². The maximum Gasteiger partial charge on any atom is 0.255 e. The van der Waals surface area contributed by atoms with Crippen LogP contribution in [0.2, 0.25) is 0 Å². The van der Waals surface area contributed by atoms with Crippen molar-refractivity contribution in [3.63, 3.8) is 0 Å². The van der Waals surface area contributed by atoms with Crippen molar-refractivity contribution >= 4 is 22.4 Å². The molecule has 0 aromatic heterocycles. The molecule has 0 radical (unpaired) electrons. The molecule has 0 heterocycles. The molecule has 0 saturated heterocycles. The lowest BCUT2D eigenvalue weighted by molar-refractivity contribution is 0.102. The van der Waals surface area contributed by atoms with Gasteiger partial charge in [-0.2, -0.15) is 0 Å². The zero-order valence-electron chi connectivity index (χ0n) is 14.4. The fourth-order valence-electron chi connectivity index (χ4n) is 2.73. The van der Waals surface area contributed by atoms with Crippen molar-refractivity contribution < 1.29 is 14.3 Å². The van der Waals surface area contributed by atoms with E-state index in [0.717, 1.165) is 16.5 Å². The maximum absolute atomic E-state index is 12.7. The number of hydrogen-bond acceptors (Lipinski definition) is 3. The Morgan fingerprint density at radius 3 is 2.20 bits per heavy atom. The second-order valence-corrected chi connectivity index (χ2v) is 5.54. The number of hydrogen-bond donors (Lipinski definition) is 1. The number of carbonyl (C=O) groups excluding carboxylic acids is 1. The largest absolute Gasteiger partial charge is 0.494 e. The Morgan fingerprint density at radius 1 is 0.880 bits per heavy atom. The first-order chi connectivity index (χ1) is 12.2. The van der Waals surface area contributed by atoms with Crippen LogP contribution in [0.1, 0.15) is 24.2 Å². The van der Waals surface area contributed by atoms with E-state index in [9.17, 15) is 4.79 Å². The third-order valence-electron chi connectivity index (χ3n) is 3.80. The number of nitrogens with one attached hydrogen (secondary N) is 1. The van der Waals surface area contributed by atoms with Crippen LogP contribution >= 0.6 is 0 Å². The van der Waals surface area contributed by atoms with E-state index >= 15 is 0 Å². The second-order valence-electron chi connectivity index (χ2n) is 5.54. The Hall–Kier alpha value is -3.01. The maximum atomic E-state index is 12.7. The fraction of sp³-hybridized carbons (Fsp3) is 0.190. The van der Waals surface area contributed by atoms with Gasteiger partial charge in [0.15, 0.2) is 0 Å². The number of ether oxygens (including phenoxy) is 2. The highest BCUT2D eigenvalue weighted by Crippen LogP contribution is 2.26. The number of carbonyl (C=O) groups is 1. The quantitative estimate of drug-likeness (QED) is 0.698. The Morgan fingerprint density at radius 2 is 1.52 bits per heavy atom. The minimum absolute atomic E-state index is 0.196. The summed E-state index contributed by atoms with van der Waals surface area (Å²) in [5.74, 6) is 1.05. The molecule has 3 aromatic carbocycles. The molecule has 4 heteroatoms. The van der Waals surface area contributed by atoms with E-state index in [1.165, 1.54) is 0 Å². The van der Waals surface area contributed by atoms with Crippen molar-refractivity contribution in [2.24, 2.45) is 0 Å². The summed E-state index contributed by atoms with van der Waals surface area (Å²) >= 11 is 0. The van der Waals surface area contributed by atoms with E-state index in [4.69, 9.17) is 9.47 Å². The van der Waals surface area contributed by atoms with Crippen LogP contribution in [0, 0.1) is 0 Å². The third-order valence-corrected chi connectivity index (χ3v) is 3.80. The summed E-state index contributed by atoms with van der Waals surface area (Å²) in [4.78, 5) is 12.7. The highest BCUT2D eigenvalue weighted by Gasteiger charge is 2.12. The minimum atomic E-state index is -0.196. The summed E-state index contributed by atoms with van der Waals surface area (Å²) in [5.41, 5.74) is 1.28. The normalized spacial score (nSPS) is 10.5. The molecule has 0 aliphatic carbocycles. The van der Waals surface area contributed by atoms with Crippen molar-refractivity contribution in [2.75, 3.05) is 18.5 Å². The molecule has 0 saturated carbocycles. The molecule has 0 atom stereocenters. The minimum Gasteiger partial charge on any atom is -0.494 e. The topological polar surface area (TPSA) is 47.6 Å². The summed E-state index contributed by atoms with van der Waals surface area (Å²) in [5, 5.41) is 5.08. The van der Waals surface area contributed by atoms with Gasteiger partial charge < -0.3 is 14.8 Å². The molecule has 1 N–H and O–H groups in total. The molecule has 25 heavy (non-hydrogen) atoms. The van der Waals surface area contributed by atoms with E-state index < -0.39 is 0 Å². The number of rotatable bonds is 6. The van der Waals surface area contributed by atoms with Crippen LogP contribution in [-0.4, -0.2) is 19.1 Å². The molecule has 0 spiro atoms. The highest BCUT2D eigenvalue weighted by atomic mass is 16.5. The van der Waals surface area contributed by atoms with Gasteiger partial charge in [-0.3, -0.25) is 4.79 Å². The highest BCUT2D eigenvalue weighted by molar-refractivity contribution is 6.09. The lowest BCUT2D eigenvalue weighted by Gasteiger charge is -2.12. The lowest BCUT2D eigenvalue weighted by atomic mass is 10.1. The van der Waals surface area contributed by atoms with E-state index in [2.05, 4.69) is 5.32 Å². The Kier molecular flexibility index (Phi) is 5.19. The van der Waals surface area contributed by atoms with Gasteiger partial charge >= 0.3 is 0 Å². The average molecular weight is 335 g/mol. The molecule has 0 aliphatic rings. The van der Waals surface area contributed by atoms with Crippen LogP contribution < -0.4 is 14.8 Å². The molecule has 128 valence electrons. The summed E-state index contributed by atoms with van der Waals surface area (Å²) < 4.78 is 11.1. The van der Waals surface area contributed by atoms with Crippen molar-refractivity contribution in [1.29, 1.82) is 0 Å². The van der Waals surface area contributed by atoms with Crippen LogP contribution in [0.3, 0.4) is 0 Å². The van der Waals surface area contributed by atoms with Crippen LogP contribution in [0.25, 0.3) is 10.8 Å². The summed E-state index contributed by atoms with van der Waals surface area (Å²) in [6.45, 7) is 4.87. The molecule has 0 fully saturated rings. The molecular formula is C21H21NO3. The summed E-state index contributed by atoms with van der Waals surface area (Å²) in [6.07, 6.45) is 0. The van der Waals surface area contributed by atoms with Crippen molar-refractivity contribution in [3.05, 3.63) is 66.2 Å². The van der Waals surface area contributed by atoms with Gasteiger partial charge in [-0.25, -0.2) is 0 Å². The zero-order valence-corrected chi connectivity index (χ0v) is 14.4. The van der Waals surface area contributed by atoms with Gasteiger partial charge in [0.25, 0.3) is 5.91 Å². The lowest BCUT2D eigenvalue weighted by Crippen LogP contribution is -2.12. The predicted octanol–water partition coefficient (Wildman–Crippen LogP) is 4.89. The molecule has 0 unspecified atom stereocenters. The summed E-state index contributed by atoms with van der Waals surface area (Å²) in [7, 11) is 0. The van der Waals surface area contributed by atoms with Crippen molar-refractivity contribution in [3.8, 4) is 11.5 Å². The molecule has 1 amide bonds. The van der Waals surface area contributed by atoms with Gasteiger partial charge in [0, 0.05) is 22.7 Å². The van der Waals surface area contributed by atoms with Crippen LogP contribution in [0.5, 0.6) is 11.5 Å². The Labute approximate surface area is 147 Å². The van der Waals surface area contributed by atoms with Crippen LogP contribution in [0.4, 0.5) is 5.69 Å². The van der Waals surface area contributed by atoms with Crippen molar-refractivity contribution in [1.82, 2.24) is 0 Å². The monoisotopic (exact) mass is 335 g/mol. The molecular weight excluding hydrogens is 314 g/mol. The second kappa shape index (κ2) is 7.71. The number of fused-ring (bicyclic) bond motifs is 1. The third kappa shape index (κ3) is 3.91. The standard InChI is InChI=1S/C21H21NO3/c1-3-24-17-12-16(13-18(14-17)25-4-2)21(23)22-20-11-7-9-15-8-5-6-10-19(15)20/h5-14H,3-4H2,1-2H3,(H,22,23). The predicted molar refractivity (Wildman–Crippen MR) is 101 cm³/mol. The molecule has 3 rings (SSSR count). The van der Waals surface area contributed by atoms with Crippen LogP contribution in [0.15, 0.2) is 60.7 Å². The molecule has 4 nitrogen and oxygen atoms in total. The van der Waals surface area contributed by atoms with E-state index in [0.29, 0.717) is 30.3 Å². The smallest absolute Gasteiger partial charge is 0.255 e. The first-order valence-corrected chi connectivity index (χ1v) is 8.41. The molecule has 3 aromatic rings.